The van der Waals surface area contributed by atoms with Gasteiger partial charge in [-0.2, -0.15) is 0 Å². The third kappa shape index (κ3) is 7.28. The van der Waals surface area contributed by atoms with Gasteiger partial charge in [-0.1, -0.05) is 121 Å². The van der Waals surface area contributed by atoms with Gasteiger partial charge in [0.15, 0.2) is 0 Å². The highest BCUT2D eigenvalue weighted by Crippen LogP contribution is 2.42. The second-order valence-corrected chi connectivity index (χ2v) is 14.2. The van der Waals surface area contributed by atoms with E-state index in [-0.39, 0.29) is 12.2 Å². The van der Waals surface area contributed by atoms with Crippen LogP contribution in [0.15, 0.2) is 121 Å². The molecule has 46 heavy (non-hydrogen) atoms. The van der Waals surface area contributed by atoms with Gasteiger partial charge in [0.25, 0.3) is 0 Å². The maximum absolute atomic E-state index is 6.81. The Morgan fingerprint density at radius 2 is 0.761 bits per heavy atom. The Bertz CT molecular complexity index is 1320. The Kier molecular flexibility index (Phi) is 9.76. The summed E-state index contributed by atoms with van der Waals surface area (Å²) in [7, 11) is 9.24. The Morgan fingerprint density at radius 1 is 0.478 bits per heavy atom. The molecule has 0 saturated carbocycles. The van der Waals surface area contributed by atoms with Gasteiger partial charge in [-0.15, -0.1) is 0 Å². The molecular formula is C40H50N2O4+2. The van der Waals surface area contributed by atoms with Crippen LogP contribution in [0.1, 0.15) is 35.1 Å². The minimum absolute atomic E-state index is 0.0108. The second-order valence-electron chi connectivity index (χ2n) is 14.2. The van der Waals surface area contributed by atoms with Crippen LogP contribution < -0.4 is 0 Å². The van der Waals surface area contributed by atoms with Crippen molar-refractivity contribution in [1.29, 1.82) is 0 Å². The average Bonchev–Trinajstić information content (AvgIpc) is 3.70. The lowest BCUT2D eigenvalue weighted by Gasteiger charge is -2.35. The Balaban J connectivity index is 1.01. The monoisotopic (exact) mass is 622 g/mol. The van der Waals surface area contributed by atoms with Crippen LogP contribution in [0, 0.1) is 0 Å². The van der Waals surface area contributed by atoms with Gasteiger partial charge in [-0.3, -0.25) is 0 Å². The van der Waals surface area contributed by atoms with E-state index in [1.54, 1.807) is 0 Å². The number of unbranched alkanes of at least 4 members (excludes halogenated alkanes) is 1. The zero-order valence-electron chi connectivity index (χ0n) is 27.9. The van der Waals surface area contributed by atoms with Gasteiger partial charge in [0, 0.05) is 35.1 Å². The van der Waals surface area contributed by atoms with Crippen molar-refractivity contribution in [2.24, 2.45) is 0 Å². The lowest BCUT2D eigenvalue weighted by atomic mass is 9.97. The molecular weight excluding hydrogens is 572 g/mol. The molecule has 2 aliphatic heterocycles. The molecule has 2 unspecified atom stereocenters. The number of rotatable bonds is 13. The van der Waals surface area contributed by atoms with Crippen molar-refractivity contribution in [3.05, 3.63) is 144 Å². The molecule has 6 rings (SSSR count). The number of likely N-dealkylation sites (N-methyl/N-ethyl adjacent to an activating group) is 2. The van der Waals surface area contributed by atoms with Crippen molar-refractivity contribution >= 4 is 0 Å². The van der Waals surface area contributed by atoms with E-state index in [2.05, 4.69) is 125 Å². The standard InChI is InChI=1S/C40H50N2O4/c1-41(2,29-37-31-43-39(45-37,33-19-9-5-10-20-33)34-21-11-6-12-22-34)27-17-18-28-42(3,4)30-38-32-44-40(46-38,35-23-13-7-14-24-35)36-25-15-8-16-26-36/h5-16,19-26,37-38H,17-18,27-32H2,1-4H3/q+2. The summed E-state index contributed by atoms with van der Waals surface area (Å²) < 4.78 is 28.4. The smallest absolute Gasteiger partial charge is 0.222 e. The summed E-state index contributed by atoms with van der Waals surface area (Å²) in [5.74, 6) is -1.72. The molecule has 6 heteroatoms. The summed E-state index contributed by atoms with van der Waals surface area (Å²) in [6, 6.07) is 41.3. The summed E-state index contributed by atoms with van der Waals surface area (Å²) in [4.78, 5) is 0. The van der Waals surface area contributed by atoms with Crippen molar-refractivity contribution in [3.63, 3.8) is 0 Å². The first-order valence-corrected chi connectivity index (χ1v) is 16.7. The minimum atomic E-state index is -0.862. The lowest BCUT2D eigenvalue weighted by Crippen LogP contribution is -2.49. The lowest BCUT2D eigenvalue weighted by molar-refractivity contribution is -0.899. The second kappa shape index (κ2) is 13.8. The Morgan fingerprint density at radius 3 is 1.04 bits per heavy atom. The van der Waals surface area contributed by atoms with Crippen molar-refractivity contribution < 1.29 is 27.9 Å². The zero-order chi connectivity index (χ0) is 32.1. The van der Waals surface area contributed by atoms with Gasteiger partial charge in [0.2, 0.25) is 11.6 Å². The van der Waals surface area contributed by atoms with Crippen molar-refractivity contribution in [3.8, 4) is 0 Å². The molecule has 2 heterocycles. The van der Waals surface area contributed by atoms with Gasteiger partial charge in [0.1, 0.15) is 25.3 Å². The number of ether oxygens (including phenoxy) is 4. The van der Waals surface area contributed by atoms with E-state index < -0.39 is 11.6 Å². The third-order valence-electron chi connectivity index (χ3n) is 9.40. The quantitative estimate of drug-likeness (QED) is 0.125. The average molecular weight is 623 g/mol. The van der Waals surface area contributed by atoms with Crippen LogP contribution in [0.3, 0.4) is 0 Å². The topological polar surface area (TPSA) is 36.9 Å². The molecule has 0 aromatic heterocycles. The minimum Gasteiger partial charge on any atom is -0.339 e. The molecule has 0 N–H and O–H groups in total. The molecule has 6 nitrogen and oxygen atoms in total. The Labute approximate surface area is 275 Å². The van der Waals surface area contributed by atoms with Crippen LogP contribution in [-0.2, 0) is 30.5 Å². The first-order chi connectivity index (χ1) is 22.2. The first kappa shape index (κ1) is 32.6. The number of quaternary nitrogens is 2. The predicted octanol–water partition coefficient (Wildman–Crippen LogP) is 6.55. The number of nitrogens with zero attached hydrogens (tertiary/aromatic N) is 2. The molecule has 4 aromatic carbocycles. The highest BCUT2D eigenvalue weighted by atomic mass is 16.8. The molecule has 0 radical (unpaired) electrons. The summed E-state index contributed by atoms with van der Waals surface area (Å²) in [5, 5.41) is 0. The first-order valence-electron chi connectivity index (χ1n) is 16.7. The normalized spacial score (nSPS) is 21.0. The molecule has 0 bridgehead atoms. The maximum atomic E-state index is 6.81. The molecule has 2 aliphatic rings. The van der Waals surface area contributed by atoms with E-state index in [1.807, 2.05) is 24.3 Å². The van der Waals surface area contributed by atoms with Gasteiger partial charge in [0.05, 0.1) is 54.5 Å². The molecule has 0 amide bonds. The summed E-state index contributed by atoms with van der Waals surface area (Å²) in [6.07, 6.45) is 2.31. The molecule has 2 saturated heterocycles. The van der Waals surface area contributed by atoms with Gasteiger partial charge < -0.3 is 27.9 Å². The van der Waals surface area contributed by atoms with E-state index in [4.69, 9.17) is 18.9 Å². The zero-order valence-corrected chi connectivity index (χ0v) is 27.9. The van der Waals surface area contributed by atoms with Crippen molar-refractivity contribution in [1.82, 2.24) is 0 Å². The number of benzene rings is 4. The van der Waals surface area contributed by atoms with E-state index in [9.17, 15) is 0 Å². The third-order valence-corrected chi connectivity index (χ3v) is 9.40. The summed E-state index contributed by atoms with van der Waals surface area (Å²) in [6.45, 7) is 5.11. The molecule has 0 aliphatic carbocycles. The van der Waals surface area contributed by atoms with Crippen molar-refractivity contribution in [2.45, 2.75) is 36.6 Å². The van der Waals surface area contributed by atoms with Gasteiger partial charge in [-0.05, 0) is 0 Å². The van der Waals surface area contributed by atoms with Crippen LogP contribution in [0.25, 0.3) is 0 Å². The van der Waals surface area contributed by atoms with E-state index >= 15 is 0 Å². The SMILES string of the molecule is C[N+](C)(CCCC[N+](C)(C)CC1COC(c2ccccc2)(c2ccccc2)O1)CC1COC(c2ccccc2)(c2ccccc2)O1. The van der Waals surface area contributed by atoms with Crippen LogP contribution in [-0.4, -0.2) is 88.8 Å². The van der Waals surface area contributed by atoms with Gasteiger partial charge >= 0.3 is 0 Å². The fraction of sp³-hybridized carbons (Fsp3) is 0.400. The van der Waals surface area contributed by atoms with E-state index in [1.165, 1.54) is 0 Å². The molecule has 4 aromatic rings. The molecule has 2 fully saturated rings. The predicted molar refractivity (Wildman–Crippen MR) is 182 cm³/mol. The van der Waals surface area contributed by atoms with Crippen LogP contribution in [0.5, 0.6) is 0 Å². The van der Waals surface area contributed by atoms with Crippen molar-refractivity contribution in [2.75, 3.05) is 67.6 Å². The number of hydrogen-bond donors (Lipinski definition) is 0. The fourth-order valence-electron chi connectivity index (χ4n) is 7.14. The van der Waals surface area contributed by atoms with Crippen LogP contribution in [0.2, 0.25) is 0 Å². The highest BCUT2D eigenvalue weighted by molar-refractivity contribution is 5.35. The fourth-order valence-corrected chi connectivity index (χ4v) is 7.14. The molecule has 242 valence electrons. The largest absolute Gasteiger partial charge is 0.339 e. The van der Waals surface area contributed by atoms with E-state index in [0.29, 0.717) is 13.2 Å². The highest BCUT2D eigenvalue weighted by Gasteiger charge is 2.48. The van der Waals surface area contributed by atoms with Crippen LogP contribution >= 0.6 is 0 Å². The maximum Gasteiger partial charge on any atom is 0.222 e. The number of hydrogen-bond acceptors (Lipinski definition) is 4. The summed E-state index contributed by atoms with van der Waals surface area (Å²) >= 11 is 0. The van der Waals surface area contributed by atoms with Gasteiger partial charge in [-0.25, -0.2) is 0 Å². The molecule has 2 atom stereocenters. The summed E-state index contributed by atoms with van der Waals surface area (Å²) in [5.41, 5.74) is 4.15. The Hall–Kier alpha value is -3.36. The molecule has 0 spiro atoms. The van der Waals surface area contributed by atoms with Crippen LogP contribution in [0.4, 0.5) is 0 Å². The van der Waals surface area contributed by atoms with E-state index in [0.717, 1.165) is 70.2 Å².